The second-order valence-electron chi connectivity index (χ2n) is 3.76. The summed E-state index contributed by atoms with van der Waals surface area (Å²) >= 11 is 5.86. The van der Waals surface area contributed by atoms with Crippen molar-refractivity contribution in [2.75, 3.05) is 23.8 Å². The Kier molecular flexibility index (Phi) is 2.50. The molecular weight excluding hydrogens is 198 g/mol. The number of pyridine rings is 1. The van der Waals surface area contributed by atoms with Gasteiger partial charge in [0.1, 0.15) is 5.15 Å². The quantitative estimate of drug-likeness (QED) is 0.668. The molecule has 0 radical (unpaired) electrons. The predicted molar refractivity (Wildman–Crippen MR) is 60.2 cm³/mol. The van der Waals surface area contributed by atoms with Crippen LogP contribution in [0.4, 0.5) is 11.5 Å². The monoisotopic (exact) mass is 211 g/mol. The SMILES string of the molecule is C[C@@H]1CCN(C)c2ccc(Cl)nc2N1. The van der Waals surface area contributed by atoms with Gasteiger partial charge in [-0.1, -0.05) is 11.6 Å². The largest absolute Gasteiger partial charge is 0.372 e. The lowest BCUT2D eigenvalue weighted by Gasteiger charge is -2.17. The van der Waals surface area contributed by atoms with Gasteiger partial charge in [0.2, 0.25) is 0 Å². The van der Waals surface area contributed by atoms with Crippen LogP contribution in [0.5, 0.6) is 0 Å². The molecule has 2 rings (SSSR count). The summed E-state index contributed by atoms with van der Waals surface area (Å²) in [5.74, 6) is 0.894. The molecule has 1 aliphatic heterocycles. The maximum atomic E-state index is 5.86. The molecule has 0 spiro atoms. The van der Waals surface area contributed by atoms with Gasteiger partial charge in [-0.3, -0.25) is 0 Å². The van der Waals surface area contributed by atoms with Gasteiger partial charge in [-0.15, -0.1) is 0 Å². The summed E-state index contributed by atoms with van der Waals surface area (Å²) in [5, 5.41) is 3.90. The molecule has 0 aliphatic carbocycles. The Balaban J connectivity index is 2.41. The number of nitrogens with one attached hydrogen (secondary N) is 1. The van der Waals surface area contributed by atoms with Crippen LogP contribution in [0.3, 0.4) is 0 Å². The van der Waals surface area contributed by atoms with E-state index >= 15 is 0 Å². The third-order valence-corrected chi connectivity index (χ3v) is 2.74. The minimum atomic E-state index is 0.449. The first-order chi connectivity index (χ1) is 6.66. The van der Waals surface area contributed by atoms with E-state index in [1.807, 2.05) is 12.1 Å². The van der Waals surface area contributed by atoms with Crippen LogP contribution in [0.1, 0.15) is 13.3 Å². The Bertz CT molecular complexity index is 340. The number of halogens is 1. The van der Waals surface area contributed by atoms with Crippen LogP contribution in [-0.4, -0.2) is 24.6 Å². The van der Waals surface area contributed by atoms with Gasteiger partial charge < -0.3 is 10.2 Å². The van der Waals surface area contributed by atoms with Crippen molar-refractivity contribution in [3.8, 4) is 0 Å². The summed E-state index contributed by atoms with van der Waals surface area (Å²) in [7, 11) is 2.08. The van der Waals surface area contributed by atoms with Crippen molar-refractivity contribution in [2.24, 2.45) is 0 Å². The lowest BCUT2D eigenvalue weighted by Crippen LogP contribution is -2.19. The van der Waals surface area contributed by atoms with Crippen LogP contribution in [0.25, 0.3) is 0 Å². The average Bonchev–Trinajstić information content (AvgIpc) is 2.26. The van der Waals surface area contributed by atoms with Gasteiger partial charge in [-0.05, 0) is 25.5 Å². The van der Waals surface area contributed by atoms with E-state index < -0.39 is 0 Å². The summed E-state index contributed by atoms with van der Waals surface area (Å²) in [5.41, 5.74) is 1.12. The van der Waals surface area contributed by atoms with E-state index in [9.17, 15) is 0 Å². The van der Waals surface area contributed by atoms with Crippen LogP contribution < -0.4 is 10.2 Å². The Hall–Kier alpha value is -0.960. The minimum absolute atomic E-state index is 0.449. The highest BCUT2D eigenvalue weighted by Crippen LogP contribution is 2.28. The highest BCUT2D eigenvalue weighted by atomic mass is 35.5. The highest BCUT2D eigenvalue weighted by Gasteiger charge is 2.16. The van der Waals surface area contributed by atoms with E-state index in [-0.39, 0.29) is 0 Å². The van der Waals surface area contributed by atoms with Crippen molar-refractivity contribution in [1.82, 2.24) is 4.98 Å². The van der Waals surface area contributed by atoms with Gasteiger partial charge in [0.25, 0.3) is 0 Å². The average molecular weight is 212 g/mol. The maximum Gasteiger partial charge on any atom is 0.151 e. The van der Waals surface area contributed by atoms with E-state index in [0.29, 0.717) is 11.2 Å². The van der Waals surface area contributed by atoms with Crippen molar-refractivity contribution in [2.45, 2.75) is 19.4 Å². The van der Waals surface area contributed by atoms with Crippen molar-refractivity contribution in [1.29, 1.82) is 0 Å². The molecule has 0 saturated heterocycles. The number of rotatable bonds is 0. The molecule has 1 aliphatic rings. The van der Waals surface area contributed by atoms with Crippen molar-refractivity contribution in [3.63, 3.8) is 0 Å². The lowest BCUT2D eigenvalue weighted by atomic mass is 10.2. The molecule has 76 valence electrons. The molecule has 0 amide bonds. The predicted octanol–water partition coefficient (Wildman–Crippen LogP) is 2.38. The first-order valence-corrected chi connectivity index (χ1v) is 5.19. The van der Waals surface area contributed by atoms with Gasteiger partial charge in [0, 0.05) is 19.6 Å². The Morgan fingerprint density at radius 3 is 3.14 bits per heavy atom. The van der Waals surface area contributed by atoms with Crippen molar-refractivity contribution < 1.29 is 0 Å². The van der Waals surface area contributed by atoms with Crippen LogP contribution in [-0.2, 0) is 0 Å². The number of hydrogen-bond donors (Lipinski definition) is 1. The van der Waals surface area contributed by atoms with E-state index in [0.717, 1.165) is 24.5 Å². The number of nitrogens with zero attached hydrogens (tertiary/aromatic N) is 2. The summed E-state index contributed by atoms with van der Waals surface area (Å²) < 4.78 is 0. The number of fused-ring (bicyclic) bond motifs is 1. The third-order valence-electron chi connectivity index (χ3n) is 2.53. The molecule has 3 nitrogen and oxygen atoms in total. The fourth-order valence-electron chi connectivity index (χ4n) is 1.66. The smallest absolute Gasteiger partial charge is 0.151 e. The van der Waals surface area contributed by atoms with Gasteiger partial charge >= 0.3 is 0 Å². The molecule has 1 atom stereocenters. The van der Waals surface area contributed by atoms with Crippen LogP contribution in [0.15, 0.2) is 12.1 Å². The molecule has 0 fully saturated rings. The number of aromatic nitrogens is 1. The van der Waals surface area contributed by atoms with Crippen molar-refractivity contribution in [3.05, 3.63) is 17.3 Å². The molecule has 0 unspecified atom stereocenters. The van der Waals surface area contributed by atoms with Gasteiger partial charge in [0.15, 0.2) is 5.82 Å². The molecule has 4 heteroatoms. The third kappa shape index (κ3) is 1.77. The normalized spacial score (nSPS) is 21.1. The summed E-state index contributed by atoms with van der Waals surface area (Å²) in [6, 6.07) is 4.29. The Labute approximate surface area is 89.1 Å². The van der Waals surface area contributed by atoms with E-state index in [1.165, 1.54) is 0 Å². The molecule has 0 saturated carbocycles. The van der Waals surface area contributed by atoms with Gasteiger partial charge in [-0.25, -0.2) is 4.98 Å². The first kappa shape index (κ1) is 9.59. The molecule has 0 aromatic carbocycles. The fourth-order valence-corrected chi connectivity index (χ4v) is 1.80. The topological polar surface area (TPSA) is 28.2 Å². The second-order valence-corrected chi connectivity index (χ2v) is 4.14. The van der Waals surface area contributed by atoms with Crippen molar-refractivity contribution >= 4 is 23.1 Å². The zero-order valence-corrected chi connectivity index (χ0v) is 9.17. The highest BCUT2D eigenvalue weighted by molar-refractivity contribution is 6.29. The molecule has 2 heterocycles. The van der Waals surface area contributed by atoms with Crippen LogP contribution >= 0.6 is 11.6 Å². The maximum absolute atomic E-state index is 5.86. The summed E-state index contributed by atoms with van der Waals surface area (Å²) in [6.45, 7) is 3.20. The molecule has 14 heavy (non-hydrogen) atoms. The van der Waals surface area contributed by atoms with E-state index in [1.54, 1.807) is 0 Å². The number of anilines is 2. The minimum Gasteiger partial charge on any atom is -0.372 e. The first-order valence-electron chi connectivity index (χ1n) is 4.81. The van der Waals surface area contributed by atoms with Crippen LogP contribution in [0.2, 0.25) is 5.15 Å². The standard InChI is InChI=1S/C10H14ClN3/c1-7-5-6-14(2)8-3-4-9(11)13-10(8)12-7/h3-4,7H,5-6H2,1-2H3,(H,12,13)/t7-/m1/s1. The molecule has 1 aromatic rings. The van der Waals surface area contributed by atoms with Gasteiger partial charge in [-0.2, -0.15) is 0 Å². The molecular formula is C10H14ClN3. The summed E-state index contributed by atoms with van der Waals surface area (Å²) in [6.07, 6.45) is 1.12. The molecule has 1 N–H and O–H groups in total. The zero-order chi connectivity index (χ0) is 10.1. The fraction of sp³-hybridized carbons (Fsp3) is 0.500. The summed E-state index contributed by atoms with van der Waals surface area (Å²) in [4.78, 5) is 6.49. The molecule has 0 bridgehead atoms. The Morgan fingerprint density at radius 2 is 2.36 bits per heavy atom. The van der Waals surface area contributed by atoms with E-state index in [4.69, 9.17) is 11.6 Å². The van der Waals surface area contributed by atoms with Gasteiger partial charge in [0.05, 0.1) is 5.69 Å². The van der Waals surface area contributed by atoms with E-state index in [2.05, 4.69) is 29.2 Å². The zero-order valence-electron chi connectivity index (χ0n) is 8.42. The molecule has 1 aromatic heterocycles. The number of hydrogen-bond acceptors (Lipinski definition) is 3. The second kappa shape index (κ2) is 3.65. The lowest BCUT2D eigenvalue weighted by molar-refractivity contribution is 0.710. The Morgan fingerprint density at radius 1 is 1.57 bits per heavy atom. The van der Waals surface area contributed by atoms with Crippen LogP contribution in [0, 0.1) is 0 Å².